The van der Waals surface area contributed by atoms with Crippen LogP contribution in [0.3, 0.4) is 0 Å². The number of hydrogen-bond donors (Lipinski definition) is 1. The van der Waals surface area contributed by atoms with Crippen LogP contribution in [0.4, 0.5) is 5.69 Å². The van der Waals surface area contributed by atoms with E-state index in [9.17, 15) is 0 Å². The zero-order chi connectivity index (χ0) is 15.4. The molecule has 0 fully saturated rings. The number of nitrogens with zero attached hydrogens (tertiary/aromatic N) is 1. The standard InChI is InChI=1S/C17H21ClN2O/c1-12(19)17-15(8-5-9-16(17)21-3)20(2)11-13-6-4-7-14(18)10-13/h4-10,12H,11,19H2,1-3H3. The monoisotopic (exact) mass is 304 g/mol. The molecule has 0 amide bonds. The van der Waals surface area contributed by atoms with Gasteiger partial charge in [0.1, 0.15) is 5.75 Å². The van der Waals surface area contributed by atoms with Crippen LogP contribution in [0.5, 0.6) is 5.75 Å². The van der Waals surface area contributed by atoms with Gasteiger partial charge < -0.3 is 15.4 Å². The van der Waals surface area contributed by atoms with E-state index in [1.54, 1.807) is 7.11 Å². The van der Waals surface area contributed by atoms with E-state index < -0.39 is 0 Å². The van der Waals surface area contributed by atoms with Crippen LogP contribution in [-0.2, 0) is 6.54 Å². The van der Waals surface area contributed by atoms with Gasteiger partial charge in [-0.2, -0.15) is 0 Å². The first-order valence-electron chi connectivity index (χ1n) is 6.91. The van der Waals surface area contributed by atoms with Gasteiger partial charge in [-0.3, -0.25) is 0 Å². The first kappa shape index (κ1) is 15.7. The van der Waals surface area contributed by atoms with Crippen molar-refractivity contribution >= 4 is 17.3 Å². The molecule has 0 saturated carbocycles. The minimum absolute atomic E-state index is 0.0991. The van der Waals surface area contributed by atoms with Crippen LogP contribution in [0, 0.1) is 0 Å². The molecule has 2 rings (SSSR count). The van der Waals surface area contributed by atoms with E-state index in [2.05, 4.69) is 17.0 Å². The van der Waals surface area contributed by atoms with Crippen molar-refractivity contribution in [1.82, 2.24) is 0 Å². The Morgan fingerprint density at radius 2 is 1.95 bits per heavy atom. The number of methoxy groups -OCH3 is 1. The van der Waals surface area contributed by atoms with Crippen molar-refractivity contribution in [3.05, 3.63) is 58.6 Å². The fourth-order valence-electron chi connectivity index (χ4n) is 2.50. The van der Waals surface area contributed by atoms with Gasteiger partial charge in [-0.1, -0.05) is 29.8 Å². The Bertz CT molecular complexity index is 613. The number of benzene rings is 2. The summed E-state index contributed by atoms with van der Waals surface area (Å²) >= 11 is 6.05. The molecule has 0 saturated heterocycles. The molecule has 0 spiro atoms. The second-order valence-corrected chi connectivity index (χ2v) is 5.60. The highest BCUT2D eigenvalue weighted by Crippen LogP contribution is 2.33. The fraction of sp³-hybridized carbons (Fsp3) is 0.294. The van der Waals surface area contributed by atoms with E-state index >= 15 is 0 Å². The summed E-state index contributed by atoms with van der Waals surface area (Å²) in [5, 5.41) is 0.749. The average Bonchev–Trinajstić information content (AvgIpc) is 2.46. The molecule has 3 nitrogen and oxygen atoms in total. The van der Waals surface area contributed by atoms with Gasteiger partial charge >= 0.3 is 0 Å². The third-order valence-corrected chi connectivity index (χ3v) is 3.67. The van der Waals surface area contributed by atoms with E-state index in [0.29, 0.717) is 0 Å². The number of nitrogens with two attached hydrogens (primary N) is 1. The molecule has 2 N–H and O–H groups in total. The maximum atomic E-state index is 6.12. The van der Waals surface area contributed by atoms with Gasteiger partial charge in [0.25, 0.3) is 0 Å². The summed E-state index contributed by atoms with van der Waals surface area (Å²) in [6.07, 6.45) is 0. The van der Waals surface area contributed by atoms with Crippen LogP contribution >= 0.6 is 11.6 Å². The number of hydrogen-bond acceptors (Lipinski definition) is 3. The Morgan fingerprint density at radius 1 is 1.24 bits per heavy atom. The Hall–Kier alpha value is -1.71. The minimum atomic E-state index is -0.0991. The Morgan fingerprint density at radius 3 is 2.57 bits per heavy atom. The number of anilines is 1. The molecular weight excluding hydrogens is 284 g/mol. The molecule has 0 bridgehead atoms. The molecule has 21 heavy (non-hydrogen) atoms. The summed E-state index contributed by atoms with van der Waals surface area (Å²) in [4.78, 5) is 2.16. The summed E-state index contributed by atoms with van der Waals surface area (Å²) in [7, 11) is 3.71. The van der Waals surface area contributed by atoms with Gasteiger partial charge in [-0.25, -0.2) is 0 Å². The topological polar surface area (TPSA) is 38.5 Å². The van der Waals surface area contributed by atoms with Crippen LogP contribution in [-0.4, -0.2) is 14.2 Å². The highest BCUT2D eigenvalue weighted by Gasteiger charge is 2.16. The van der Waals surface area contributed by atoms with Crippen LogP contribution in [0.2, 0.25) is 5.02 Å². The minimum Gasteiger partial charge on any atom is -0.496 e. The van der Waals surface area contributed by atoms with Gasteiger partial charge in [0.05, 0.1) is 7.11 Å². The van der Waals surface area contributed by atoms with E-state index in [1.165, 1.54) is 0 Å². The van der Waals surface area contributed by atoms with Crippen molar-refractivity contribution in [3.8, 4) is 5.75 Å². The van der Waals surface area contributed by atoms with Crippen molar-refractivity contribution < 1.29 is 4.74 Å². The molecule has 2 aromatic carbocycles. The zero-order valence-corrected chi connectivity index (χ0v) is 13.4. The molecule has 1 unspecified atom stereocenters. The Kier molecular flexibility index (Phi) is 5.10. The normalized spacial score (nSPS) is 12.0. The Labute approximate surface area is 131 Å². The lowest BCUT2D eigenvalue weighted by Crippen LogP contribution is -2.20. The van der Waals surface area contributed by atoms with E-state index in [4.69, 9.17) is 22.1 Å². The summed E-state index contributed by atoms with van der Waals surface area (Å²) in [5.74, 6) is 0.820. The maximum Gasteiger partial charge on any atom is 0.125 e. The number of rotatable bonds is 5. The van der Waals surface area contributed by atoms with Crippen LogP contribution in [0.1, 0.15) is 24.1 Å². The van der Waals surface area contributed by atoms with Crippen LogP contribution < -0.4 is 15.4 Å². The quantitative estimate of drug-likeness (QED) is 0.907. The Balaban J connectivity index is 2.32. The fourth-order valence-corrected chi connectivity index (χ4v) is 2.71. The maximum absolute atomic E-state index is 6.12. The largest absolute Gasteiger partial charge is 0.496 e. The lowest BCUT2D eigenvalue weighted by atomic mass is 10.0. The van der Waals surface area contributed by atoms with Gasteiger partial charge in [-0.05, 0) is 36.8 Å². The van der Waals surface area contributed by atoms with Gasteiger partial charge in [0.15, 0.2) is 0 Å². The number of ether oxygens (including phenoxy) is 1. The summed E-state index contributed by atoms with van der Waals surface area (Å²) in [6, 6.07) is 13.8. The predicted octanol–water partition coefficient (Wildman–Crippen LogP) is 4.00. The average molecular weight is 305 g/mol. The third-order valence-electron chi connectivity index (χ3n) is 3.44. The molecule has 4 heteroatoms. The predicted molar refractivity (Wildman–Crippen MR) is 89.2 cm³/mol. The first-order chi connectivity index (χ1) is 10.0. The van der Waals surface area contributed by atoms with Crippen molar-refractivity contribution in [2.75, 3.05) is 19.1 Å². The summed E-state index contributed by atoms with van der Waals surface area (Å²) in [6.45, 7) is 2.72. The van der Waals surface area contributed by atoms with Crippen molar-refractivity contribution in [3.63, 3.8) is 0 Å². The SMILES string of the molecule is COc1cccc(N(C)Cc2cccc(Cl)c2)c1C(C)N. The smallest absolute Gasteiger partial charge is 0.125 e. The molecular formula is C17H21ClN2O. The van der Waals surface area contributed by atoms with E-state index in [1.807, 2.05) is 44.3 Å². The second kappa shape index (κ2) is 6.83. The lowest BCUT2D eigenvalue weighted by Gasteiger charge is -2.25. The molecule has 0 radical (unpaired) electrons. The zero-order valence-electron chi connectivity index (χ0n) is 12.6. The second-order valence-electron chi connectivity index (χ2n) is 5.17. The van der Waals surface area contributed by atoms with Crippen molar-refractivity contribution in [2.45, 2.75) is 19.5 Å². The van der Waals surface area contributed by atoms with Crippen molar-refractivity contribution in [1.29, 1.82) is 0 Å². The molecule has 112 valence electrons. The highest BCUT2D eigenvalue weighted by molar-refractivity contribution is 6.30. The molecule has 0 heterocycles. The molecule has 0 aliphatic heterocycles. The molecule has 2 aromatic rings. The number of halogens is 1. The molecule has 0 aromatic heterocycles. The van der Waals surface area contributed by atoms with Crippen molar-refractivity contribution in [2.24, 2.45) is 5.73 Å². The van der Waals surface area contributed by atoms with E-state index in [-0.39, 0.29) is 6.04 Å². The van der Waals surface area contributed by atoms with Gasteiger partial charge in [0, 0.05) is 35.9 Å². The van der Waals surface area contributed by atoms with Crippen LogP contribution in [0.15, 0.2) is 42.5 Å². The van der Waals surface area contributed by atoms with Gasteiger partial charge in [-0.15, -0.1) is 0 Å². The molecule has 0 aliphatic rings. The summed E-state index contributed by atoms with van der Waals surface area (Å²) in [5.41, 5.74) is 9.37. The third kappa shape index (κ3) is 3.69. The molecule has 0 aliphatic carbocycles. The lowest BCUT2D eigenvalue weighted by molar-refractivity contribution is 0.407. The summed E-state index contributed by atoms with van der Waals surface area (Å²) < 4.78 is 5.44. The van der Waals surface area contributed by atoms with Gasteiger partial charge in [0.2, 0.25) is 0 Å². The first-order valence-corrected chi connectivity index (χ1v) is 7.28. The van der Waals surface area contributed by atoms with Crippen LogP contribution in [0.25, 0.3) is 0 Å². The highest BCUT2D eigenvalue weighted by atomic mass is 35.5. The molecule has 1 atom stereocenters. The van der Waals surface area contributed by atoms with E-state index in [0.717, 1.165) is 34.1 Å².